The molecule has 2 heterocycles. The van der Waals surface area contributed by atoms with Gasteiger partial charge in [-0.05, 0) is 0 Å². The lowest BCUT2D eigenvalue weighted by Crippen LogP contribution is -2.54. The molecule has 0 amide bonds. The van der Waals surface area contributed by atoms with Crippen molar-refractivity contribution in [3.05, 3.63) is 16.6 Å². The summed E-state index contributed by atoms with van der Waals surface area (Å²) >= 11 is 1.71. The fraction of sp³-hybridized carbons (Fsp3) is 0.571. The van der Waals surface area contributed by atoms with Gasteiger partial charge in [0, 0.05) is 36.8 Å². The molecule has 60 valence electrons. The van der Waals surface area contributed by atoms with Crippen molar-refractivity contribution >= 4 is 11.3 Å². The zero-order chi connectivity index (χ0) is 7.68. The smallest absolute Gasteiger partial charge is 0.0794 e. The summed E-state index contributed by atoms with van der Waals surface area (Å²) in [6, 6.07) is 0.405. The standard InChI is InChI=1S/C7H11N3S/c8-6-2-10(3-6)4-7-1-9-5-11-7/h1,5-6H,2-4,8H2. The van der Waals surface area contributed by atoms with Crippen LogP contribution < -0.4 is 5.73 Å². The molecule has 0 spiro atoms. The van der Waals surface area contributed by atoms with Crippen LogP contribution in [0.25, 0.3) is 0 Å². The van der Waals surface area contributed by atoms with E-state index in [1.165, 1.54) is 4.88 Å². The predicted molar refractivity (Wildman–Crippen MR) is 45.4 cm³/mol. The van der Waals surface area contributed by atoms with E-state index in [9.17, 15) is 0 Å². The molecule has 1 aliphatic rings. The second-order valence-electron chi connectivity index (χ2n) is 2.92. The highest BCUT2D eigenvalue weighted by Gasteiger charge is 2.22. The first-order valence-corrected chi connectivity index (χ1v) is 4.58. The molecule has 1 aromatic rings. The van der Waals surface area contributed by atoms with Crippen molar-refractivity contribution in [2.45, 2.75) is 12.6 Å². The van der Waals surface area contributed by atoms with Crippen LogP contribution in [0.2, 0.25) is 0 Å². The number of likely N-dealkylation sites (tertiary alicyclic amines) is 1. The first-order valence-electron chi connectivity index (χ1n) is 3.70. The molecular weight excluding hydrogens is 158 g/mol. The van der Waals surface area contributed by atoms with Gasteiger partial charge in [-0.1, -0.05) is 0 Å². The van der Waals surface area contributed by atoms with Gasteiger partial charge >= 0.3 is 0 Å². The molecule has 0 saturated carbocycles. The van der Waals surface area contributed by atoms with Crippen molar-refractivity contribution in [3.8, 4) is 0 Å². The van der Waals surface area contributed by atoms with Gasteiger partial charge in [-0.2, -0.15) is 0 Å². The Bertz CT molecular complexity index is 216. The van der Waals surface area contributed by atoms with Gasteiger partial charge < -0.3 is 5.73 Å². The number of nitrogens with zero attached hydrogens (tertiary/aromatic N) is 2. The largest absolute Gasteiger partial charge is 0.325 e. The summed E-state index contributed by atoms with van der Waals surface area (Å²) in [5.74, 6) is 0. The maximum absolute atomic E-state index is 5.64. The van der Waals surface area contributed by atoms with Crippen LogP contribution in [-0.4, -0.2) is 29.0 Å². The second kappa shape index (κ2) is 2.89. The van der Waals surface area contributed by atoms with Gasteiger partial charge in [0.15, 0.2) is 0 Å². The van der Waals surface area contributed by atoms with Crippen LogP contribution in [0.4, 0.5) is 0 Å². The molecule has 0 unspecified atom stereocenters. The molecule has 1 saturated heterocycles. The molecular formula is C7H11N3S. The van der Waals surface area contributed by atoms with E-state index in [0.29, 0.717) is 6.04 Å². The highest BCUT2D eigenvalue weighted by Crippen LogP contribution is 2.13. The average Bonchev–Trinajstić information content (AvgIpc) is 2.36. The van der Waals surface area contributed by atoms with E-state index < -0.39 is 0 Å². The normalized spacial score (nSPS) is 20.1. The maximum Gasteiger partial charge on any atom is 0.0794 e. The number of aromatic nitrogens is 1. The van der Waals surface area contributed by atoms with Gasteiger partial charge in [-0.3, -0.25) is 9.88 Å². The lowest BCUT2D eigenvalue weighted by atomic mass is 10.1. The van der Waals surface area contributed by atoms with E-state index >= 15 is 0 Å². The van der Waals surface area contributed by atoms with Crippen molar-refractivity contribution < 1.29 is 0 Å². The zero-order valence-electron chi connectivity index (χ0n) is 6.23. The minimum Gasteiger partial charge on any atom is -0.325 e. The van der Waals surface area contributed by atoms with E-state index in [4.69, 9.17) is 5.73 Å². The molecule has 1 fully saturated rings. The molecule has 2 rings (SSSR count). The summed E-state index contributed by atoms with van der Waals surface area (Å²) in [7, 11) is 0. The topological polar surface area (TPSA) is 42.1 Å². The molecule has 0 aliphatic carbocycles. The van der Waals surface area contributed by atoms with Crippen LogP contribution in [-0.2, 0) is 6.54 Å². The third-order valence-corrected chi connectivity index (χ3v) is 2.61. The number of hydrogen-bond donors (Lipinski definition) is 1. The Labute approximate surface area is 69.8 Å². The maximum atomic E-state index is 5.64. The summed E-state index contributed by atoms with van der Waals surface area (Å²) < 4.78 is 0. The minimum atomic E-state index is 0.405. The molecule has 3 nitrogen and oxygen atoms in total. The summed E-state index contributed by atoms with van der Waals surface area (Å²) in [5, 5.41) is 0. The van der Waals surface area contributed by atoms with E-state index in [2.05, 4.69) is 9.88 Å². The Balaban J connectivity index is 1.84. The Morgan fingerprint density at radius 1 is 1.73 bits per heavy atom. The number of thiazole rings is 1. The lowest BCUT2D eigenvalue weighted by molar-refractivity contribution is 0.144. The molecule has 0 atom stereocenters. The van der Waals surface area contributed by atoms with E-state index in [1.807, 2.05) is 11.7 Å². The molecule has 11 heavy (non-hydrogen) atoms. The minimum absolute atomic E-state index is 0.405. The Kier molecular flexibility index (Phi) is 1.89. The summed E-state index contributed by atoms with van der Waals surface area (Å²) in [6.07, 6.45) is 1.93. The van der Waals surface area contributed by atoms with Gasteiger partial charge in [-0.15, -0.1) is 11.3 Å². The van der Waals surface area contributed by atoms with Crippen molar-refractivity contribution in [1.29, 1.82) is 0 Å². The first-order chi connectivity index (χ1) is 5.34. The van der Waals surface area contributed by atoms with Crippen LogP contribution in [0.1, 0.15) is 4.88 Å². The van der Waals surface area contributed by atoms with Crippen molar-refractivity contribution in [1.82, 2.24) is 9.88 Å². The Morgan fingerprint density at radius 2 is 2.55 bits per heavy atom. The number of rotatable bonds is 2. The van der Waals surface area contributed by atoms with Crippen LogP contribution in [0, 0.1) is 0 Å². The highest BCUT2D eigenvalue weighted by molar-refractivity contribution is 7.09. The fourth-order valence-electron chi connectivity index (χ4n) is 1.28. The van der Waals surface area contributed by atoms with Gasteiger partial charge in [0.2, 0.25) is 0 Å². The summed E-state index contributed by atoms with van der Waals surface area (Å²) in [6.45, 7) is 3.11. The van der Waals surface area contributed by atoms with E-state index in [0.717, 1.165) is 19.6 Å². The highest BCUT2D eigenvalue weighted by atomic mass is 32.1. The molecule has 2 N–H and O–H groups in total. The molecule has 0 bridgehead atoms. The van der Waals surface area contributed by atoms with Crippen LogP contribution in [0.15, 0.2) is 11.7 Å². The van der Waals surface area contributed by atoms with Crippen LogP contribution in [0.3, 0.4) is 0 Å². The Hall–Kier alpha value is -0.450. The number of hydrogen-bond acceptors (Lipinski definition) is 4. The summed E-state index contributed by atoms with van der Waals surface area (Å²) in [5.41, 5.74) is 7.51. The quantitative estimate of drug-likeness (QED) is 0.691. The van der Waals surface area contributed by atoms with Crippen LogP contribution in [0.5, 0.6) is 0 Å². The molecule has 0 radical (unpaired) electrons. The van der Waals surface area contributed by atoms with Gasteiger partial charge in [-0.25, -0.2) is 0 Å². The summed E-state index contributed by atoms with van der Waals surface area (Å²) in [4.78, 5) is 7.68. The zero-order valence-corrected chi connectivity index (χ0v) is 7.05. The van der Waals surface area contributed by atoms with Crippen molar-refractivity contribution in [3.63, 3.8) is 0 Å². The lowest BCUT2D eigenvalue weighted by Gasteiger charge is -2.36. The van der Waals surface area contributed by atoms with Crippen molar-refractivity contribution in [2.24, 2.45) is 5.73 Å². The third kappa shape index (κ3) is 1.58. The molecule has 0 aromatic carbocycles. The fourth-order valence-corrected chi connectivity index (χ4v) is 1.92. The Morgan fingerprint density at radius 3 is 3.09 bits per heavy atom. The molecule has 4 heteroatoms. The van der Waals surface area contributed by atoms with E-state index in [-0.39, 0.29) is 0 Å². The second-order valence-corrected chi connectivity index (χ2v) is 3.89. The SMILES string of the molecule is NC1CN(Cc2cncs2)C1. The van der Waals surface area contributed by atoms with Gasteiger partial charge in [0.1, 0.15) is 0 Å². The first kappa shape index (κ1) is 7.21. The van der Waals surface area contributed by atoms with Gasteiger partial charge in [0.05, 0.1) is 5.51 Å². The monoisotopic (exact) mass is 169 g/mol. The predicted octanol–water partition coefficient (Wildman–Crippen LogP) is 0.286. The van der Waals surface area contributed by atoms with Crippen molar-refractivity contribution in [2.75, 3.05) is 13.1 Å². The van der Waals surface area contributed by atoms with Crippen LogP contribution >= 0.6 is 11.3 Å². The van der Waals surface area contributed by atoms with E-state index in [1.54, 1.807) is 11.3 Å². The molecule has 1 aliphatic heterocycles. The molecule has 1 aromatic heterocycles. The van der Waals surface area contributed by atoms with Gasteiger partial charge in [0.25, 0.3) is 0 Å². The number of nitrogens with two attached hydrogens (primary N) is 1. The average molecular weight is 169 g/mol. The third-order valence-electron chi connectivity index (χ3n) is 1.85.